The van der Waals surface area contributed by atoms with E-state index in [9.17, 15) is 4.39 Å². The number of nitrogens with zero attached hydrogens (tertiary/aromatic N) is 1. The number of guanidine groups is 1. The molecule has 0 unspecified atom stereocenters. The van der Waals surface area contributed by atoms with Gasteiger partial charge < -0.3 is 11.1 Å². The van der Waals surface area contributed by atoms with Gasteiger partial charge in [0.25, 0.3) is 0 Å². The lowest BCUT2D eigenvalue weighted by Gasteiger charge is -2.26. The summed E-state index contributed by atoms with van der Waals surface area (Å²) >= 11 is 3.16. The largest absolute Gasteiger partial charge is 0.370 e. The second-order valence-electron chi connectivity index (χ2n) is 5.37. The lowest BCUT2D eigenvalue weighted by atomic mass is 9.93. The zero-order valence-electron chi connectivity index (χ0n) is 10.6. The van der Waals surface area contributed by atoms with E-state index in [1.54, 1.807) is 12.1 Å². The van der Waals surface area contributed by atoms with Crippen molar-refractivity contribution in [1.29, 1.82) is 0 Å². The van der Waals surface area contributed by atoms with Gasteiger partial charge in [-0.2, -0.15) is 0 Å². The molecule has 3 rings (SSSR count). The van der Waals surface area contributed by atoms with Crippen molar-refractivity contribution >= 4 is 21.9 Å². The zero-order chi connectivity index (χ0) is 13.4. The Morgan fingerprint density at radius 1 is 1.42 bits per heavy atom. The van der Waals surface area contributed by atoms with Gasteiger partial charge in [0.2, 0.25) is 0 Å². The van der Waals surface area contributed by atoms with Crippen LogP contribution >= 0.6 is 15.9 Å². The van der Waals surface area contributed by atoms with Crippen LogP contribution < -0.4 is 11.1 Å². The molecule has 2 saturated carbocycles. The van der Waals surface area contributed by atoms with Gasteiger partial charge in [-0.3, -0.25) is 0 Å². The Balaban J connectivity index is 1.60. The van der Waals surface area contributed by atoms with E-state index >= 15 is 0 Å². The molecule has 2 aliphatic rings. The summed E-state index contributed by atoms with van der Waals surface area (Å²) in [5.74, 6) is 0.631. The molecule has 2 fully saturated rings. The maximum Gasteiger partial charge on any atom is 0.189 e. The van der Waals surface area contributed by atoms with E-state index in [2.05, 4.69) is 26.2 Å². The molecule has 1 aromatic rings. The third-order valence-corrected chi connectivity index (χ3v) is 4.53. The SMILES string of the molecule is NC(=N[C@@H]1C[C@H]1c1ccc(Br)c(F)c1)NC1CCC1. The number of nitrogens with one attached hydrogen (secondary N) is 1. The van der Waals surface area contributed by atoms with E-state index in [1.807, 2.05) is 6.07 Å². The van der Waals surface area contributed by atoms with Gasteiger partial charge in [-0.1, -0.05) is 6.07 Å². The first kappa shape index (κ1) is 12.9. The van der Waals surface area contributed by atoms with Gasteiger partial charge in [0, 0.05) is 12.0 Å². The fourth-order valence-electron chi connectivity index (χ4n) is 2.40. The van der Waals surface area contributed by atoms with Crippen LogP contribution in [-0.2, 0) is 0 Å². The van der Waals surface area contributed by atoms with Gasteiger partial charge in [0.1, 0.15) is 5.82 Å². The molecule has 0 bridgehead atoms. The van der Waals surface area contributed by atoms with Crippen LogP contribution in [0.5, 0.6) is 0 Å². The van der Waals surface area contributed by atoms with Crippen LogP contribution in [0.25, 0.3) is 0 Å². The van der Waals surface area contributed by atoms with Crippen LogP contribution in [-0.4, -0.2) is 18.0 Å². The van der Waals surface area contributed by atoms with Crippen LogP contribution in [0.4, 0.5) is 4.39 Å². The lowest BCUT2D eigenvalue weighted by Crippen LogP contribution is -2.43. The van der Waals surface area contributed by atoms with Crippen molar-refractivity contribution in [2.45, 2.75) is 43.7 Å². The van der Waals surface area contributed by atoms with Gasteiger partial charge >= 0.3 is 0 Å². The Kier molecular flexibility index (Phi) is 3.48. The topological polar surface area (TPSA) is 50.4 Å². The summed E-state index contributed by atoms with van der Waals surface area (Å²) in [6.07, 6.45) is 4.59. The molecule has 0 aliphatic heterocycles. The highest BCUT2D eigenvalue weighted by atomic mass is 79.9. The highest BCUT2D eigenvalue weighted by Gasteiger charge is 2.39. The van der Waals surface area contributed by atoms with Crippen molar-refractivity contribution in [3.8, 4) is 0 Å². The molecule has 0 saturated heterocycles. The predicted molar refractivity (Wildman–Crippen MR) is 77.6 cm³/mol. The molecular formula is C14H17BrFN3. The van der Waals surface area contributed by atoms with Gasteiger partial charge in [-0.05, 0) is 59.3 Å². The van der Waals surface area contributed by atoms with E-state index in [-0.39, 0.29) is 11.9 Å². The molecule has 0 aromatic heterocycles. The molecule has 0 amide bonds. The summed E-state index contributed by atoms with van der Waals surface area (Å²) in [6, 6.07) is 5.99. The van der Waals surface area contributed by atoms with E-state index < -0.39 is 0 Å². The molecule has 2 atom stereocenters. The van der Waals surface area contributed by atoms with Crippen molar-refractivity contribution < 1.29 is 4.39 Å². The molecule has 102 valence electrons. The fraction of sp³-hybridized carbons (Fsp3) is 0.500. The summed E-state index contributed by atoms with van der Waals surface area (Å²) < 4.78 is 14.0. The standard InChI is InChI=1S/C14H17BrFN3/c15-11-5-4-8(6-12(11)16)10-7-13(10)19-14(17)18-9-2-1-3-9/h4-6,9-10,13H,1-3,7H2,(H3,17,18,19)/t10-,13+/m0/s1. The van der Waals surface area contributed by atoms with Crippen LogP contribution in [0.1, 0.15) is 37.2 Å². The van der Waals surface area contributed by atoms with Crippen LogP contribution in [0.15, 0.2) is 27.7 Å². The number of halogens is 2. The minimum Gasteiger partial charge on any atom is -0.370 e. The summed E-state index contributed by atoms with van der Waals surface area (Å²) in [6.45, 7) is 0. The predicted octanol–water partition coefficient (Wildman–Crippen LogP) is 2.90. The Bertz CT molecular complexity index is 513. The minimum atomic E-state index is -0.215. The Hall–Kier alpha value is -1.10. The zero-order valence-corrected chi connectivity index (χ0v) is 12.2. The number of nitrogens with two attached hydrogens (primary N) is 1. The Morgan fingerprint density at radius 2 is 2.21 bits per heavy atom. The number of rotatable bonds is 3. The fourth-order valence-corrected chi connectivity index (χ4v) is 2.65. The van der Waals surface area contributed by atoms with Crippen molar-refractivity contribution in [3.63, 3.8) is 0 Å². The van der Waals surface area contributed by atoms with Crippen LogP contribution in [0.3, 0.4) is 0 Å². The second kappa shape index (κ2) is 5.12. The number of benzene rings is 1. The second-order valence-corrected chi connectivity index (χ2v) is 6.22. The normalized spacial score (nSPS) is 26.9. The summed E-state index contributed by atoms with van der Waals surface area (Å²) in [5, 5.41) is 3.23. The third kappa shape index (κ3) is 2.91. The van der Waals surface area contributed by atoms with Crippen LogP contribution in [0.2, 0.25) is 0 Å². The van der Waals surface area contributed by atoms with Gasteiger partial charge in [-0.15, -0.1) is 0 Å². The molecule has 3 nitrogen and oxygen atoms in total. The first-order chi connectivity index (χ1) is 9.13. The van der Waals surface area contributed by atoms with Crippen molar-refractivity contribution in [2.75, 3.05) is 0 Å². The highest BCUT2D eigenvalue weighted by Crippen LogP contribution is 2.44. The first-order valence-corrected chi connectivity index (χ1v) is 7.47. The molecule has 0 radical (unpaired) electrons. The van der Waals surface area contributed by atoms with Crippen molar-refractivity contribution in [3.05, 3.63) is 34.1 Å². The van der Waals surface area contributed by atoms with Crippen molar-refractivity contribution in [1.82, 2.24) is 5.32 Å². The van der Waals surface area contributed by atoms with Crippen molar-refractivity contribution in [2.24, 2.45) is 10.7 Å². The van der Waals surface area contributed by atoms with E-state index in [0.717, 1.165) is 12.0 Å². The molecule has 3 N–H and O–H groups in total. The van der Waals surface area contributed by atoms with E-state index in [1.165, 1.54) is 19.3 Å². The smallest absolute Gasteiger partial charge is 0.189 e. The molecule has 19 heavy (non-hydrogen) atoms. The quantitative estimate of drug-likeness (QED) is 0.663. The molecular weight excluding hydrogens is 309 g/mol. The first-order valence-electron chi connectivity index (χ1n) is 6.68. The number of hydrogen-bond donors (Lipinski definition) is 2. The number of aliphatic imine (C=N–C) groups is 1. The average Bonchev–Trinajstić information content (AvgIpc) is 3.07. The molecule has 0 heterocycles. The maximum atomic E-state index is 13.5. The third-order valence-electron chi connectivity index (χ3n) is 3.89. The van der Waals surface area contributed by atoms with Gasteiger partial charge in [0.15, 0.2) is 5.96 Å². The van der Waals surface area contributed by atoms with E-state index in [0.29, 0.717) is 22.4 Å². The Morgan fingerprint density at radius 3 is 2.84 bits per heavy atom. The van der Waals surface area contributed by atoms with Crippen LogP contribution in [0, 0.1) is 5.82 Å². The summed E-state index contributed by atoms with van der Waals surface area (Å²) in [4.78, 5) is 4.47. The van der Waals surface area contributed by atoms with E-state index in [4.69, 9.17) is 5.73 Å². The molecule has 5 heteroatoms. The molecule has 0 spiro atoms. The van der Waals surface area contributed by atoms with Gasteiger partial charge in [0.05, 0.1) is 10.5 Å². The molecule has 1 aromatic carbocycles. The monoisotopic (exact) mass is 325 g/mol. The minimum absolute atomic E-state index is 0.202. The Labute approximate surface area is 120 Å². The summed E-state index contributed by atoms with van der Waals surface area (Å²) in [7, 11) is 0. The maximum absolute atomic E-state index is 13.5. The average molecular weight is 326 g/mol. The van der Waals surface area contributed by atoms with Gasteiger partial charge in [-0.25, -0.2) is 9.38 Å². The lowest BCUT2D eigenvalue weighted by molar-refractivity contribution is 0.382. The molecule has 2 aliphatic carbocycles. The number of hydrogen-bond acceptors (Lipinski definition) is 1. The summed E-state index contributed by atoms with van der Waals surface area (Å²) in [5.41, 5.74) is 6.88. The highest BCUT2D eigenvalue weighted by molar-refractivity contribution is 9.10.